The highest BCUT2D eigenvalue weighted by Gasteiger charge is 2.19. The van der Waals surface area contributed by atoms with Crippen molar-refractivity contribution in [1.82, 2.24) is 14.8 Å². The summed E-state index contributed by atoms with van der Waals surface area (Å²) in [7, 11) is 1.77. The van der Waals surface area contributed by atoms with Crippen LogP contribution in [0, 0.1) is 3.57 Å². The Bertz CT molecular complexity index is 577. The Labute approximate surface area is 170 Å². The maximum absolute atomic E-state index is 11.9. The molecule has 1 atom stereocenters. The molecule has 1 aromatic rings. The summed E-state index contributed by atoms with van der Waals surface area (Å²) in [6.45, 7) is 8.76. The first-order valence-corrected chi connectivity index (χ1v) is 10.5. The van der Waals surface area contributed by atoms with Gasteiger partial charge in [-0.05, 0) is 81.2 Å². The molecule has 1 fully saturated rings. The number of nitrogens with one attached hydrogen (secondary N) is 1. The molecule has 0 bridgehead atoms. The number of ether oxygens (including phenoxy) is 2. The number of nitrogens with zero attached hydrogens (tertiary/aromatic N) is 2. The van der Waals surface area contributed by atoms with Gasteiger partial charge >= 0.3 is 6.09 Å². The van der Waals surface area contributed by atoms with Crippen LogP contribution >= 0.6 is 22.6 Å². The van der Waals surface area contributed by atoms with E-state index < -0.39 is 5.60 Å². The van der Waals surface area contributed by atoms with Gasteiger partial charge in [0.25, 0.3) is 0 Å². The molecule has 26 heavy (non-hydrogen) atoms. The molecule has 0 aliphatic carbocycles. The van der Waals surface area contributed by atoms with E-state index in [0.717, 1.165) is 32.5 Å². The largest absolute Gasteiger partial charge is 0.444 e. The summed E-state index contributed by atoms with van der Waals surface area (Å²) in [6, 6.07) is 0. The maximum atomic E-state index is 11.9. The Balaban J connectivity index is 1.68. The van der Waals surface area contributed by atoms with Gasteiger partial charge in [0.05, 0.1) is 0 Å². The SMILES string of the molecule is CN(CCNCCc1cn(C2CCCCO2)cc1I)C(=O)OC(C)(C)C. The van der Waals surface area contributed by atoms with Crippen molar-refractivity contribution in [2.75, 3.05) is 33.3 Å². The summed E-state index contributed by atoms with van der Waals surface area (Å²) < 4.78 is 14.7. The summed E-state index contributed by atoms with van der Waals surface area (Å²) in [5.41, 5.74) is 0.887. The second kappa shape index (κ2) is 9.94. The second-order valence-corrected chi connectivity index (χ2v) is 8.96. The third-order valence-electron chi connectivity index (χ3n) is 4.26. The van der Waals surface area contributed by atoms with Crippen LogP contribution in [0.2, 0.25) is 0 Å². The summed E-state index contributed by atoms with van der Waals surface area (Å²) in [5.74, 6) is 0. The first-order chi connectivity index (χ1) is 12.3. The molecule has 6 nitrogen and oxygen atoms in total. The minimum atomic E-state index is -0.454. The number of halogens is 1. The molecule has 1 unspecified atom stereocenters. The zero-order valence-electron chi connectivity index (χ0n) is 16.4. The Kier molecular flexibility index (Phi) is 8.22. The zero-order valence-corrected chi connectivity index (χ0v) is 18.5. The first-order valence-electron chi connectivity index (χ1n) is 9.38. The van der Waals surface area contributed by atoms with Crippen LogP contribution in [0.15, 0.2) is 12.4 Å². The molecule has 1 aliphatic rings. The quantitative estimate of drug-likeness (QED) is 0.480. The predicted molar refractivity (Wildman–Crippen MR) is 111 cm³/mol. The topological polar surface area (TPSA) is 55.7 Å². The fourth-order valence-corrected chi connectivity index (χ4v) is 3.56. The van der Waals surface area contributed by atoms with Crippen molar-refractivity contribution in [1.29, 1.82) is 0 Å². The fraction of sp³-hybridized carbons (Fsp3) is 0.737. The lowest BCUT2D eigenvalue weighted by atomic mass is 10.2. The van der Waals surface area contributed by atoms with Crippen LogP contribution in [0.4, 0.5) is 4.79 Å². The number of hydrogen-bond acceptors (Lipinski definition) is 4. The van der Waals surface area contributed by atoms with Gasteiger partial charge in [-0.1, -0.05) is 0 Å². The number of rotatable bonds is 7. The van der Waals surface area contributed by atoms with Crippen molar-refractivity contribution in [3.8, 4) is 0 Å². The molecular formula is C19H32IN3O3. The van der Waals surface area contributed by atoms with Gasteiger partial charge in [-0.25, -0.2) is 4.79 Å². The molecule has 1 aliphatic heterocycles. The molecule has 0 radical (unpaired) electrons. The van der Waals surface area contributed by atoms with Crippen molar-refractivity contribution in [2.45, 2.75) is 58.3 Å². The first kappa shape index (κ1) is 21.5. The van der Waals surface area contributed by atoms with Crippen LogP contribution in [0.3, 0.4) is 0 Å². The van der Waals surface area contributed by atoms with E-state index >= 15 is 0 Å². The Morgan fingerprint density at radius 3 is 2.81 bits per heavy atom. The molecule has 7 heteroatoms. The molecule has 2 rings (SSSR count). The van der Waals surface area contributed by atoms with E-state index in [1.165, 1.54) is 22.0 Å². The minimum absolute atomic E-state index is 0.196. The molecule has 0 spiro atoms. The van der Waals surface area contributed by atoms with E-state index in [1.807, 2.05) is 20.8 Å². The number of likely N-dealkylation sites (N-methyl/N-ethyl adjacent to an activating group) is 1. The van der Waals surface area contributed by atoms with Gasteiger partial charge in [0.1, 0.15) is 11.8 Å². The molecule has 1 saturated heterocycles. The lowest BCUT2D eigenvalue weighted by Crippen LogP contribution is -2.38. The predicted octanol–water partition coefficient (Wildman–Crippen LogP) is 3.79. The van der Waals surface area contributed by atoms with Crippen LogP contribution < -0.4 is 5.32 Å². The van der Waals surface area contributed by atoms with E-state index in [2.05, 4.69) is 44.9 Å². The van der Waals surface area contributed by atoms with E-state index in [9.17, 15) is 4.79 Å². The molecule has 2 heterocycles. The minimum Gasteiger partial charge on any atom is -0.444 e. The molecular weight excluding hydrogens is 445 g/mol. The second-order valence-electron chi connectivity index (χ2n) is 7.80. The summed E-state index contributed by atoms with van der Waals surface area (Å²) in [4.78, 5) is 13.5. The zero-order chi connectivity index (χ0) is 19.2. The molecule has 1 amide bonds. The fourth-order valence-electron chi connectivity index (χ4n) is 2.83. The molecule has 0 saturated carbocycles. The van der Waals surface area contributed by atoms with Crippen LogP contribution in [-0.2, 0) is 15.9 Å². The normalized spacial score (nSPS) is 18.0. The number of carbonyl (C=O) groups is 1. The van der Waals surface area contributed by atoms with E-state index in [4.69, 9.17) is 9.47 Å². The van der Waals surface area contributed by atoms with Crippen LogP contribution in [0.25, 0.3) is 0 Å². The van der Waals surface area contributed by atoms with Gasteiger partial charge < -0.3 is 24.3 Å². The van der Waals surface area contributed by atoms with Crippen LogP contribution in [0.1, 0.15) is 51.8 Å². The average molecular weight is 477 g/mol. The van der Waals surface area contributed by atoms with Gasteiger partial charge in [0.2, 0.25) is 0 Å². The monoisotopic (exact) mass is 477 g/mol. The van der Waals surface area contributed by atoms with E-state index in [0.29, 0.717) is 6.54 Å². The third-order valence-corrected chi connectivity index (χ3v) is 5.23. The molecule has 1 N–H and O–H groups in total. The number of hydrogen-bond donors (Lipinski definition) is 1. The van der Waals surface area contributed by atoms with Crippen molar-refractivity contribution in [3.63, 3.8) is 0 Å². The van der Waals surface area contributed by atoms with Gasteiger partial charge in [-0.2, -0.15) is 0 Å². The Hall–Kier alpha value is -0.800. The van der Waals surface area contributed by atoms with Crippen molar-refractivity contribution >= 4 is 28.7 Å². The van der Waals surface area contributed by atoms with E-state index in [-0.39, 0.29) is 12.3 Å². The van der Waals surface area contributed by atoms with Gasteiger partial charge in [0, 0.05) is 42.7 Å². The van der Waals surface area contributed by atoms with Crippen molar-refractivity contribution < 1.29 is 14.3 Å². The van der Waals surface area contributed by atoms with Gasteiger partial charge in [0.15, 0.2) is 0 Å². The maximum Gasteiger partial charge on any atom is 0.410 e. The van der Waals surface area contributed by atoms with Crippen LogP contribution in [0.5, 0.6) is 0 Å². The standard InChI is InChI=1S/C19H32IN3O3/c1-19(2,3)26-18(24)22(4)11-10-21-9-8-15-13-23(14-16(15)20)17-7-5-6-12-25-17/h13-14,17,21H,5-12H2,1-4H3. The molecule has 0 aromatic carbocycles. The van der Waals surface area contributed by atoms with Crippen molar-refractivity contribution in [3.05, 3.63) is 21.5 Å². The Morgan fingerprint density at radius 2 is 2.15 bits per heavy atom. The van der Waals surface area contributed by atoms with Crippen molar-refractivity contribution in [2.24, 2.45) is 0 Å². The Morgan fingerprint density at radius 1 is 1.38 bits per heavy atom. The number of carbonyl (C=O) groups excluding carboxylic acids is 1. The number of aromatic nitrogens is 1. The third kappa shape index (κ3) is 7.08. The lowest BCUT2D eigenvalue weighted by molar-refractivity contribution is -0.0318. The highest BCUT2D eigenvalue weighted by molar-refractivity contribution is 14.1. The average Bonchev–Trinajstić information content (AvgIpc) is 2.94. The molecule has 148 valence electrons. The van der Waals surface area contributed by atoms with E-state index in [1.54, 1.807) is 11.9 Å². The molecule has 1 aromatic heterocycles. The lowest BCUT2D eigenvalue weighted by Gasteiger charge is -2.24. The highest BCUT2D eigenvalue weighted by atomic mass is 127. The highest BCUT2D eigenvalue weighted by Crippen LogP contribution is 2.25. The summed E-state index contributed by atoms with van der Waals surface area (Å²) >= 11 is 2.40. The number of amides is 1. The summed E-state index contributed by atoms with van der Waals surface area (Å²) in [5, 5.41) is 3.41. The van der Waals surface area contributed by atoms with Gasteiger partial charge in [-0.3, -0.25) is 0 Å². The van der Waals surface area contributed by atoms with Gasteiger partial charge in [-0.15, -0.1) is 0 Å². The smallest absolute Gasteiger partial charge is 0.410 e. The summed E-state index contributed by atoms with van der Waals surface area (Å²) in [6.07, 6.45) is 8.78. The van der Waals surface area contributed by atoms with Crippen LogP contribution in [-0.4, -0.2) is 54.5 Å².